The van der Waals surface area contributed by atoms with E-state index in [9.17, 15) is 9.59 Å². The van der Waals surface area contributed by atoms with Crippen LogP contribution in [0.4, 0.5) is 4.79 Å². The van der Waals surface area contributed by atoms with Crippen molar-refractivity contribution in [3.05, 3.63) is 22.4 Å². The van der Waals surface area contributed by atoms with Crippen molar-refractivity contribution in [1.29, 1.82) is 0 Å². The van der Waals surface area contributed by atoms with Crippen LogP contribution in [0.25, 0.3) is 11.0 Å². The van der Waals surface area contributed by atoms with Gasteiger partial charge in [-0.25, -0.2) is 9.78 Å². The first-order valence-corrected chi connectivity index (χ1v) is 8.13. The van der Waals surface area contributed by atoms with Crippen LogP contribution in [0.3, 0.4) is 0 Å². The summed E-state index contributed by atoms with van der Waals surface area (Å²) in [5, 5.41) is 4.56. The lowest BCUT2D eigenvalue weighted by atomic mass is 10.3. The molecule has 0 spiro atoms. The van der Waals surface area contributed by atoms with E-state index in [0.29, 0.717) is 49.6 Å². The van der Waals surface area contributed by atoms with Crippen molar-refractivity contribution in [3.63, 3.8) is 0 Å². The third-order valence-corrected chi connectivity index (χ3v) is 4.14. The molecule has 0 radical (unpaired) electrons. The number of ether oxygens (including phenoxy) is 1. The first kappa shape index (κ1) is 16.4. The minimum Gasteiger partial charge on any atom is -0.450 e. The molecule has 0 saturated carbocycles. The highest BCUT2D eigenvalue weighted by molar-refractivity contribution is 5.72. The molecule has 2 aromatic heterocycles. The topological polar surface area (TPSA) is 96.3 Å². The summed E-state index contributed by atoms with van der Waals surface area (Å²) in [5.74, 6) is 0.612. The number of H-pyrrole nitrogens is 1. The Bertz CT molecular complexity index is 783. The number of amides is 1. The van der Waals surface area contributed by atoms with Crippen molar-refractivity contribution in [2.24, 2.45) is 7.05 Å². The summed E-state index contributed by atoms with van der Waals surface area (Å²) < 4.78 is 6.65. The van der Waals surface area contributed by atoms with Crippen LogP contribution in [0.15, 0.2) is 11.0 Å². The Labute approximate surface area is 139 Å². The molecule has 3 rings (SSSR count). The van der Waals surface area contributed by atoms with Crippen molar-refractivity contribution in [2.75, 3.05) is 32.8 Å². The number of carbonyl (C=O) groups is 1. The van der Waals surface area contributed by atoms with Crippen LogP contribution < -0.4 is 5.56 Å². The van der Waals surface area contributed by atoms with Gasteiger partial charge in [-0.15, -0.1) is 0 Å². The number of hydrogen-bond acceptors (Lipinski definition) is 6. The van der Waals surface area contributed by atoms with Crippen molar-refractivity contribution in [1.82, 2.24) is 29.5 Å². The van der Waals surface area contributed by atoms with Crippen LogP contribution in [0.2, 0.25) is 0 Å². The van der Waals surface area contributed by atoms with Crippen molar-refractivity contribution in [2.45, 2.75) is 19.9 Å². The van der Waals surface area contributed by atoms with Gasteiger partial charge in [0.1, 0.15) is 11.2 Å². The fraction of sp³-hybridized carbons (Fsp3) is 0.600. The van der Waals surface area contributed by atoms with E-state index >= 15 is 0 Å². The molecule has 0 unspecified atom stereocenters. The highest BCUT2D eigenvalue weighted by Crippen LogP contribution is 2.09. The molecule has 0 aliphatic carbocycles. The molecule has 9 nitrogen and oxygen atoms in total. The Balaban J connectivity index is 1.69. The van der Waals surface area contributed by atoms with Crippen LogP contribution in [0.5, 0.6) is 0 Å². The fourth-order valence-corrected chi connectivity index (χ4v) is 2.89. The van der Waals surface area contributed by atoms with Gasteiger partial charge in [-0.1, -0.05) is 0 Å². The Hall–Kier alpha value is -2.42. The molecule has 130 valence electrons. The number of rotatable bonds is 3. The number of carbonyl (C=O) groups excluding carboxylic acids is 1. The Morgan fingerprint density at radius 3 is 2.96 bits per heavy atom. The fourth-order valence-electron chi connectivity index (χ4n) is 2.89. The molecule has 2 aromatic rings. The van der Waals surface area contributed by atoms with Gasteiger partial charge in [-0.05, 0) is 13.3 Å². The number of hydrogen-bond donors (Lipinski definition) is 1. The maximum absolute atomic E-state index is 12.1. The molecule has 1 fully saturated rings. The van der Waals surface area contributed by atoms with Crippen LogP contribution >= 0.6 is 0 Å². The lowest BCUT2D eigenvalue weighted by Gasteiger charge is -2.21. The van der Waals surface area contributed by atoms with Gasteiger partial charge >= 0.3 is 6.09 Å². The molecule has 24 heavy (non-hydrogen) atoms. The van der Waals surface area contributed by atoms with Crippen LogP contribution in [0, 0.1) is 0 Å². The van der Waals surface area contributed by atoms with Crippen molar-refractivity contribution >= 4 is 17.1 Å². The number of fused-ring (bicyclic) bond motifs is 1. The molecule has 0 aromatic carbocycles. The van der Waals surface area contributed by atoms with Gasteiger partial charge in [0.2, 0.25) is 0 Å². The second-order valence-electron chi connectivity index (χ2n) is 5.83. The van der Waals surface area contributed by atoms with Crippen LogP contribution in [-0.4, -0.2) is 68.4 Å². The van der Waals surface area contributed by atoms with Gasteiger partial charge in [0, 0.05) is 33.2 Å². The molecule has 0 atom stereocenters. The normalized spacial score (nSPS) is 16.3. The molecule has 1 N–H and O–H groups in total. The molecule has 1 aliphatic heterocycles. The van der Waals surface area contributed by atoms with E-state index in [4.69, 9.17) is 4.74 Å². The monoisotopic (exact) mass is 334 g/mol. The first-order valence-electron chi connectivity index (χ1n) is 8.13. The Morgan fingerprint density at radius 2 is 2.17 bits per heavy atom. The van der Waals surface area contributed by atoms with E-state index in [0.717, 1.165) is 13.0 Å². The smallest absolute Gasteiger partial charge is 0.409 e. The van der Waals surface area contributed by atoms with Crippen LogP contribution in [0.1, 0.15) is 19.2 Å². The predicted octanol–water partition coefficient (Wildman–Crippen LogP) is 0.321. The first-order chi connectivity index (χ1) is 11.6. The molecular weight excluding hydrogens is 312 g/mol. The van der Waals surface area contributed by atoms with E-state index in [1.807, 2.05) is 0 Å². The largest absolute Gasteiger partial charge is 0.450 e. The van der Waals surface area contributed by atoms with Gasteiger partial charge in [0.25, 0.3) is 5.56 Å². The summed E-state index contributed by atoms with van der Waals surface area (Å²) >= 11 is 0. The molecular formula is C15H22N6O3. The minimum absolute atomic E-state index is 0.175. The third kappa shape index (κ3) is 3.40. The highest BCUT2D eigenvalue weighted by atomic mass is 16.6. The zero-order valence-corrected chi connectivity index (χ0v) is 14.0. The van der Waals surface area contributed by atoms with E-state index in [1.165, 1.54) is 6.20 Å². The number of nitrogens with one attached hydrogen (secondary N) is 1. The SMILES string of the molecule is CCOC(=O)N1CCCN(Cc2nc3c(cnn3C)c(=O)[nH]2)CC1. The van der Waals surface area contributed by atoms with E-state index < -0.39 is 0 Å². The number of aryl methyl sites for hydroxylation is 1. The second-order valence-corrected chi connectivity index (χ2v) is 5.83. The summed E-state index contributed by atoms with van der Waals surface area (Å²) in [7, 11) is 1.77. The molecule has 1 aliphatic rings. The standard InChI is InChI=1S/C15H22N6O3/c1-3-24-15(23)21-6-4-5-20(7-8-21)10-12-17-13-11(14(22)18-12)9-16-19(13)2/h9H,3-8,10H2,1-2H3,(H,17,18,22). The minimum atomic E-state index is -0.262. The summed E-state index contributed by atoms with van der Waals surface area (Å²) in [4.78, 5) is 35.2. The Kier molecular flexibility index (Phi) is 4.79. The van der Waals surface area contributed by atoms with Gasteiger partial charge in [0.15, 0.2) is 5.65 Å². The van der Waals surface area contributed by atoms with Crippen LogP contribution in [-0.2, 0) is 18.3 Å². The number of aromatic amines is 1. The summed E-state index contributed by atoms with van der Waals surface area (Å²) in [6.07, 6.45) is 2.12. The third-order valence-electron chi connectivity index (χ3n) is 4.14. The zero-order valence-electron chi connectivity index (χ0n) is 14.0. The van der Waals surface area contributed by atoms with Crippen molar-refractivity contribution < 1.29 is 9.53 Å². The highest BCUT2D eigenvalue weighted by Gasteiger charge is 2.20. The quantitative estimate of drug-likeness (QED) is 0.868. The van der Waals surface area contributed by atoms with Gasteiger partial charge in [0.05, 0.1) is 19.3 Å². The molecule has 3 heterocycles. The molecule has 9 heteroatoms. The van der Waals surface area contributed by atoms with Gasteiger partial charge in [-0.2, -0.15) is 5.10 Å². The number of nitrogens with zero attached hydrogens (tertiary/aromatic N) is 5. The van der Waals surface area contributed by atoms with E-state index in [1.54, 1.807) is 23.6 Å². The lowest BCUT2D eigenvalue weighted by molar-refractivity contribution is 0.108. The zero-order chi connectivity index (χ0) is 17.1. The summed E-state index contributed by atoms with van der Waals surface area (Å²) in [6, 6.07) is 0. The summed E-state index contributed by atoms with van der Waals surface area (Å²) in [6.45, 7) is 5.56. The maximum Gasteiger partial charge on any atom is 0.409 e. The molecule has 1 saturated heterocycles. The summed E-state index contributed by atoms with van der Waals surface area (Å²) in [5.41, 5.74) is 0.405. The van der Waals surface area contributed by atoms with Crippen molar-refractivity contribution in [3.8, 4) is 0 Å². The van der Waals surface area contributed by atoms with Gasteiger partial charge in [-0.3, -0.25) is 14.4 Å². The van der Waals surface area contributed by atoms with E-state index in [2.05, 4.69) is 20.0 Å². The lowest BCUT2D eigenvalue weighted by Crippen LogP contribution is -2.35. The Morgan fingerprint density at radius 1 is 1.33 bits per heavy atom. The van der Waals surface area contributed by atoms with E-state index in [-0.39, 0.29) is 11.7 Å². The molecule has 1 amide bonds. The van der Waals surface area contributed by atoms with Gasteiger partial charge < -0.3 is 14.6 Å². The second kappa shape index (κ2) is 7.00. The predicted molar refractivity (Wildman–Crippen MR) is 87.6 cm³/mol. The molecule has 0 bridgehead atoms. The maximum atomic E-state index is 12.1. The average Bonchev–Trinajstić information content (AvgIpc) is 2.78. The average molecular weight is 334 g/mol. The number of aromatic nitrogens is 4.